The molecule has 1 aliphatic rings. The van der Waals surface area contributed by atoms with E-state index in [0.717, 1.165) is 5.56 Å². The van der Waals surface area contributed by atoms with Crippen molar-refractivity contribution in [3.05, 3.63) is 47.6 Å². The van der Waals surface area contributed by atoms with Crippen molar-refractivity contribution in [1.82, 2.24) is 15.0 Å². The first-order valence-electron chi connectivity index (χ1n) is 8.43. The Hall–Kier alpha value is -2.26. The zero-order valence-corrected chi connectivity index (χ0v) is 15.2. The molecule has 0 atom stereocenters. The van der Waals surface area contributed by atoms with E-state index in [1.807, 2.05) is 30.3 Å². The summed E-state index contributed by atoms with van der Waals surface area (Å²) in [7, 11) is -3.50. The molecule has 1 fully saturated rings. The van der Waals surface area contributed by atoms with Gasteiger partial charge in [0.15, 0.2) is 15.7 Å². The van der Waals surface area contributed by atoms with Crippen molar-refractivity contribution < 1.29 is 22.5 Å². The van der Waals surface area contributed by atoms with Gasteiger partial charge in [-0.1, -0.05) is 35.5 Å². The number of carbonyl (C=O) groups is 1. The number of rotatable bonds is 7. The Balaban J connectivity index is 1.51. The number of hydrogen-bond donors (Lipinski definition) is 0. The van der Waals surface area contributed by atoms with Crippen LogP contribution in [0.4, 0.5) is 0 Å². The summed E-state index contributed by atoms with van der Waals surface area (Å²) in [5.74, 6) is -0.280. The minimum Gasteiger partial charge on any atom is -0.378 e. The van der Waals surface area contributed by atoms with Gasteiger partial charge in [-0.05, 0) is 5.56 Å². The van der Waals surface area contributed by atoms with E-state index in [2.05, 4.69) is 10.1 Å². The molecule has 140 valence electrons. The summed E-state index contributed by atoms with van der Waals surface area (Å²) < 4.78 is 34.7. The lowest BCUT2D eigenvalue weighted by atomic mass is 10.1. The highest BCUT2D eigenvalue weighted by Gasteiger charge is 2.22. The van der Waals surface area contributed by atoms with Gasteiger partial charge in [0.25, 0.3) is 0 Å². The van der Waals surface area contributed by atoms with E-state index in [-0.39, 0.29) is 29.7 Å². The minimum absolute atomic E-state index is 0.0483. The van der Waals surface area contributed by atoms with E-state index in [1.54, 1.807) is 4.90 Å². The van der Waals surface area contributed by atoms with Gasteiger partial charge >= 0.3 is 0 Å². The topological polar surface area (TPSA) is 103 Å². The second-order valence-electron chi connectivity index (χ2n) is 6.10. The highest BCUT2D eigenvalue weighted by molar-refractivity contribution is 7.90. The Morgan fingerprint density at radius 2 is 1.88 bits per heavy atom. The number of sulfone groups is 1. The SMILES string of the molecule is O=C(CCS(=O)(=O)Cc1nc(Cc2ccccc2)no1)N1CCOCC1. The molecule has 0 unspecified atom stereocenters. The molecule has 2 aromatic rings. The summed E-state index contributed by atoms with van der Waals surface area (Å²) in [4.78, 5) is 17.8. The van der Waals surface area contributed by atoms with E-state index in [0.29, 0.717) is 38.5 Å². The summed E-state index contributed by atoms with van der Waals surface area (Å²) in [5, 5.41) is 3.82. The van der Waals surface area contributed by atoms with Crippen LogP contribution in [0.1, 0.15) is 23.7 Å². The van der Waals surface area contributed by atoms with Crippen LogP contribution in [0, 0.1) is 0 Å². The molecule has 0 radical (unpaired) electrons. The molecular formula is C17H21N3O5S. The fourth-order valence-electron chi connectivity index (χ4n) is 2.67. The second-order valence-corrected chi connectivity index (χ2v) is 8.29. The third kappa shape index (κ3) is 5.37. The number of aromatic nitrogens is 2. The molecule has 9 heteroatoms. The predicted octanol–water partition coefficient (Wildman–Crippen LogP) is 0.824. The largest absolute Gasteiger partial charge is 0.378 e. The lowest BCUT2D eigenvalue weighted by Crippen LogP contribution is -2.41. The molecule has 8 nitrogen and oxygen atoms in total. The van der Waals surface area contributed by atoms with E-state index in [4.69, 9.17) is 9.26 Å². The minimum atomic E-state index is -3.50. The molecule has 0 aliphatic carbocycles. The Morgan fingerprint density at radius 1 is 1.15 bits per heavy atom. The number of hydrogen-bond acceptors (Lipinski definition) is 7. The monoisotopic (exact) mass is 379 g/mol. The third-order valence-electron chi connectivity index (χ3n) is 4.05. The molecule has 0 bridgehead atoms. The van der Waals surface area contributed by atoms with Crippen LogP contribution in [0.15, 0.2) is 34.9 Å². The van der Waals surface area contributed by atoms with Crippen molar-refractivity contribution in [3.63, 3.8) is 0 Å². The standard InChI is InChI=1S/C17H21N3O5S/c21-17(20-7-9-24-10-8-20)6-11-26(22,23)13-16-18-15(19-25-16)12-14-4-2-1-3-5-14/h1-5H,6-13H2. The maximum atomic E-state index is 12.2. The van der Waals surface area contributed by atoms with Crippen LogP contribution < -0.4 is 0 Å². The van der Waals surface area contributed by atoms with Crippen LogP contribution in [0.2, 0.25) is 0 Å². The van der Waals surface area contributed by atoms with Crippen molar-refractivity contribution >= 4 is 15.7 Å². The molecule has 1 aromatic heterocycles. The average molecular weight is 379 g/mol. The Labute approximate surface area is 152 Å². The van der Waals surface area contributed by atoms with Crippen LogP contribution in [0.3, 0.4) is 0 Å². The van der Waals surface area contributed by atoms with Crippen LogP contribution in [0.25, 0.3) is 0 Å². The Kier molecular flexibility index (Phi) is 6.00. The average Bonchev–Trinajstić information content (AvgIpc) is 3.07. The van der Waals surface area contributed by atoms with Gasteiger partial charge in [0.1, 0.15) is 5.75 Å². The number of ether oxygens (including phenoxy) is 1. The number of nitrogens with zero attached hydrogens (tertiary/aromatic N) is 3. The summed E-state index contributed by atoms with van der Waals surface area (Å²) >= 11 is 0. The smallest absolute Gasteiger partial charge is 0.241 e. The fourth-order valence-corrected chi connectivity index (χ4v) is 3.80. The lowest BCUT2D eigenvalue weighted by Gasteiger charge is -2.26. The highest BCUT2D eigenvalue weighted by atomic mass is 32.2. The number of morpholine rings is 1. The highest BCUT2D eigenvalue weighted by Crippen LogP contribution is 2.10. The number of carbonyl (C=O) groups excluding carboxylic acids is 1. The zero-order chi connectivity index (χ0) is 18.4. The summed E-state index contributed by atoms with van der Waals surface area (Å²) in [6.07, 6.45) is 0.424. The van der Waals surface area contributed by atoms with Gasteiger partial charge < -0.3 is 14.2 Å². The maximum absolute atomic E-state index is 12.2. The van der Waals surface area contributed by atoms with Gasteiger partial charge in [-0.2, -0.15) is 4.98 Å². The molecule has 1 aromatic carbocycles. The second kappa shape index (κ2) is 8.41. The predicted molar refractivity (Wildman–Crippen MR) is 93.1 cm³/mol. The normalized spacial score (nSPS) is 15.2. The molecule has 0 N–H and O–H groups in total. The fraction of sp³-hybridized carbons (Fsp3) is 0.471. The number of amides is 1. The van der Waals surface area contributed by atoms with Crippen LogP contribution in [0.5, 0.6) is 0 Å². The van der Waals surface area contributed by atoms with E-state index in [1.165, 1.54) is 0 Å². The van der Waals surface area contributed by atoms with Crippen molar-refractivity contribution in [2.45, 2.75) is 18.6 Å². The van der Waals surface area contributed by atoms with Gasteiger partial charge in [0.05, 0.1) is 19.0 Å². The molecule has 1 saturated heterocycles. The van der Waals surface area contributed by atoms with Gasteiger partial charge in [0.2, 0.25) is 11.8 Å². The number of benzene rings is 1. The Morgan fingerprint density at radius 3 is 2.62 bits per heavy atom. The molecule has 0 saturated carbocycles. The van der Waals surface area contributed by atoms with Crippen molar-refractivity contribution in [3.8, 4) is 0 Å². The zero-order valence-electron chi connectivity index (χ0n) is 14.3. The van der Waals surface area contributed by atoms with Gasteiger partial charge in [-0.3, -0.25) is 4.79 Å². The van der Waals surface area contributed by atoms with Crippen molar-refractivity contribution in [1.29, 1.82) is 0 Å². The summed E-state index contributed by atoms with van der Waals surface area (Å²) in [6.45, 7) is 1.99. The lowest BCUT2D eigenvalue weighted by molar-refractivity contribution is -0.134. The molecule has 1 aliphatic heterocycles. The van der Waals surface area contributed by atoms with Crippen LogP contribution in [-0.4, -0.2) is 61.4 Å². The van der Waals surface area contributed by atoms with Gasteiger partial charge in [-0.15, -0.1) is 0 Å². The maximum Gasteiger partial charge on any atom is 0.241 e. The van der Waals surface area contributed by atoms with Crippen molar-refractivity contribution in [2.24, 2.45) is 0 Å². The molecule has 2 heterocycles. The van der Waals surface area contributed by atoms with E-state index < -0.39 is 9.84 Å². The van der Waals surface area contributed by atoms with E-state index >= 15 is 0 Å². The first-order chi connectivity index (χ1) is 12.5. The van der Waals surface area contributed by atoms with Crippen LogP contribution >= 0.6 is 0 Å². The first kappa shape index (κ1) is 18.5. The van der Waals surface area contributed by atoms with Crippen LogP contribution in [-0.2, 0) is 31.5 Å². The van der Waals surface area contributed by atoms with Crippen molar-refractivity contribution in [2.75, 3.05) is 32.1 Å². The molecule has 1 amide bonds. The molecule has 0 spiro atoms. The summed E-state index contributed by atoms with van der Waals surface area (Å²) in [6, 6.07) is 9.60. The first-order valence-corrected chi connectivity index (χ1v) is 10.3. The van der Waals surface area contributed by atoms with Gasteiger partial charge in [-0.25, -0.2) is 8.42 Å². The van der Waals surface area contributed by atoms with Gasteiger partial charge in [0, 0.05) is 25.9 Å². The quantitative estimate of drug-likeness (QED) is 0.702. The third-order valence-corrected chi connectivity index (χ3v) is 5.56. The Bertz CT molecular complexity index is 829. The molecular weight excluding hydrogens is 358 g/mol. The molecule has 26 heavy (non-hydrogen) atoms. The van der Waals surface area contributed by atoms with E-state index in [9.17, 15) is 13.2 Å². The molecule has 3 rings (SSSR count). The summed E-state index contributed by atoms with van der Waals surface area (Å²) in [5.41, 5.74) is 1.01.